The fourth-order valence-electron chi connectivity index (χ4n) is 2.04. The van der Waals surface area contributed by atoms with Crippen molar-refractivity contribution < 1.29 is 0 Å². The number of hydrogen-bond donors (Lipinski definition) is 1. The first-order valence-corrected chi connectivity index (χ1v) is 5.78. The minimum absolute atomic E-state index is 0.896. The largest absolute Gasteiger partial charge is 0.386 e. The first-order valence-electron chi connectivity index (χ1n) is 5.78. The number of allylic oxidation sites excluding steroid dienone is 1. The van der Waals surface area contributed by atoms with E-state index in [1.807, 2.05) is 13.0 Å². The highest BCUT2D eigenvalue weighted by atomic mass is 15.3. The quantitative estimate of drug-likeness (QED) is 0.817. The molecule has 0 radical (unpaired) electrons. The van der Waals surface area contributed by atoms with Crippen molar-refractivity contribution in [2.45, 2.75) is 6.92 Å². The normalized spacial score (nSPS) is 17.7. The van der Waals surface area contributed by atoms with Gasteiger partial charge in [0.15, 0.2) is 0 Å². The summed E-state index contributed by atoms with van der Waals surface area (Å²) < 4.78 is 0. The van der Waals surface area contributed by atoms with Gasteiger partial charge in [0.25, 0.3) is 0 Å². The average Bonchev–Trinajstić information content (AvgIpc) is 2.39. The van der Waals surface area contributed by atoms with Crippen LogP contribution in [0.5, 0.6) is 0 Å². The maximum Gasteiger partial charge on any atom is 0.0943 e. The van der Waals surface area contributed by atoms with Gasteiger partial charge in [0.2, 0.25) is 0 Å². The van der Waals surface area contributed by atoms with E-state index < -0.39 is 0 Å². The van der Waals surface area contributed by atoms with Crippen LogP contribution in [0.1, 0.15) is 6.92 Å². The number of para-hydroxylation sites is 1. The topological polar surface area (TPSA) is 32.5 Å². The zero-order valence-electron chi connectivity index (χ0n) is 9.76. The number of hydrogen-bond acceptors (Lipinski definition) is 3. The maximum absolute atomic E-state index is 5.90. The molecule has 1 aromatic rings. The standard InChI is InChI=1S/C13H19N3/c1-2-13(14)16-10-8-15(9-11-16)12-6-4-3-5-7-12/h2-7H,8-11,14H2,1H3/b13-2-. The van der Waals surface area contributed by atoms with E-state index in [0.717, 1.165) is 32.0 Å². The molecule has 3 heteroatoms. The summed E-state index contributed by atoms with van der Waals surface area (Å²) in [7, 11) is 0. The molecule has 2 rings (SSSR count). The van der Waals surface area contributed by atoms with Crippen LogP contribution < -0.4 is 10.6 Å². The van der Waals surface area contributed by atoms with E-state index in [2.05, 4.69) is 40.1 Å². The van der Waals surface area contributed by atoms with Crippen LogP contribution in [-0.2, 0) is 0 Å². The van der Waals surface area contributed by atoms with Crippen molar-refractivity contribution in [3.63, 3.8) is 0 Å². The summed E-state index contributed by atoms with van der Waals surface area (Å²) in [5, 5.41) is 0. The van der Waals surface area contributed by atoms with Gasteiger partial charge in [-0.3, -0.25) is 0 Å². The summed E-state index contributed by atoms with van der Waals surface area (Å²) in [6.45, 7) is 6.08. The fraction of sp³-hybridized carbons (Fsp3) is 0.385. The molecule has 1 aromatic carbocycles. The Morgan fingerprint density at radius 3 is 2.31 bits per heavy atom. The van der Waals surface area contributed by atoms with Crippen LogP contribution >= 0.6 is 0 Å². The van der Waals surface area contributed by atoms with Crippen LogP contribution in [0, 0.1) is 0 Å². The van der Waals surface area contributed by atoms with Crippen LogP contribution in [0.15, 0.2) is 42.2 Å². The number of nitrogens with zero attached hydrogens (tertiary/aromatic N) is 2. The molecule has 0 aromatic heterocycles. The first-order chi connectivity index (χ1) is 7.81. The highest BCUT2D eigenvalue weighted by molar-refractivity contribution is 5.46. The molecule has 1 saturated heterocycles. The monoisotopic (exact) mass is 217 g/mol. The molecular formula is C13H19N3. The van der Waals surface area contributed by atoms with Gasteiger partial charge in [0.05, 0.1) is 5.82 Å². The lowest BCUT2D eigenvalue weighted by molar-refractivity contribution is 0.317. The van der Waals surface area contributed by atoms with Crippen molar-refractivity contribution in [2.75, 3.05) is 31.1 Å². The summed E-state index contributed by atoms with van der Waals surface area (Å²) in [5.74, 6) is 0.896. The summed E-state index contributed by atoms with van der Waals surface area (Å²) >= 11 is 0. The molecule has 16 heavy (non-hydrogen) atoms. The van der Waals surface area contributed by atoms with Crippen molar-refractivity contribution in [3.05, 3.63) is 42.2 Å². The molecule has 1 aliphatic heterocycles. The molecule has 3 nitrogen and oxygen atoms in total. The van der Waals surface area contributed by atoms with E-state index in [4.69, 9.17) is 5.73 Å². The van der Waals surface area contributed by atoms with Gasteiger partial charge in [-0.15, -0.1) is 0 Å². The number of benzene rings is 1. The Balaban J connectivity index is 1.96. The zero-order valence-corrected chi connectivity index (χ0v) is 9.76. The van der Waals surface area contributed by atoms with Crippen LogP contribution in [0.25, 0.3) is 0 Å². The number of nitrogens with two attached hydrogens (primary N) is 1. The van der Waals surface area contributed by atoms with Gasteiger partial charge in [-0.05, 0) is 25.1 Å². The second-order valence-corrected chi connectivity index (χ2v) is 4.02. The summed E-state index contributed by atoms with van der Waals surface area (Å²) in [6.07, 6.45) is 1.97. The van der Waals surface area contributed by atoms with Crippen molar-refractivity contribution >= 4 is 5.69 Å². The highest BCUT2D eigenvalue weighted by Gasteiger charge is 2.16. The Bertz CT molecular complexity index is 351. The predicted octanol–water partition coefficient (Wildman–Crippen LogP) is 1.63. The minimum Gasteiger partial charge on any atom is -0.386 e. The van der Waals surface area contributed by atoms with Crippen molar-refractivity contribution in [1.82, 2.24) is 4.90 Å². The molecule has 1 heterocycles. The van der Waals surface area contributed by atoms with Crippen LogP contribution in [0.3, 0.4) is 0 Å². The lowest BCUT2D eigenvalue weighted by Gasteiger charge is -2.37. The fourth-order valence-corrected chi connectivity index (χ4v) is 2.04. The van der Waals surface area contributed by atoms with E-state index in [0.29, 0.717) is 0 Å². The highest BCUT2D eigenvalue weighted by Crippen LogP contribution is 2.16. The molecular weight excluding hydrogens is 198 g/mol. The van der Waals surface area contributed by atoms with Crippen molar-refractivity contribution in [1.29, 1.82) is 0 Å². The number of piperazine rings is 1. The molecule has 0 saturated carbocycles. The second kappa shape index (κ2) is 4.92. The SMILES string of the molecule is C/C=C(/N)N1CCN(c2ccccc2)CC1. The molecule has 1 fully saturated rings. The molecule has 0 unspecified atom stereocenters. The van der Waals surface area contributed by atoms with E-state index in [1.165, 1.54) is 5.69 Å². The lowest BCUT2D eigenvalue weighted by Crippen LogP contribution is -2.47. The van der Waals surface area contributed by atoms with E-state index in [-0.39, 0.29) is 0 Å². The molecule has 86 valence electrons. The molecule has 2 N–H and O–H groups in total. The third kappa shape index (κ3) is 2.30. The Morgan fingerprint density at radius 1 is 1.12 bits per heavy atom. The minimum atomic E-state index is 0.896. The Kier molecular flexibility index (Phi) is 3.34. The van der Waals surface area contributed by atoms with Crippen molar-refractivity contribution in [3.8, 4) is 0 Å². The summed E-state index contributed by atoms with van der Waals surface area (Å²) in [6, 6.07) is 10.5. The van der Waals surface area contributed by atoms with Crippen LogP contribution in [-0.4, -0.2) is 31.1 Å². The molecule has 0 bridgehead atoms. The Labute approximate surface area is 97.2 Å². The van der Waals surface area contributed by atoms with E-state index in [9.17, 15) is 0 Å². The molecule has 0 spiro atoms. The molecule has 0 amide bonds. The summed E-state index contributed by atoms with van der Waals surface area (Å²) in [4.78, 5) is 4.64. The molecule has 0 aliphatic carbocycles. The predicted molar refractivity (Wildman–Crippen MR) is 68.2 cm³/mol. The van der Waals surface area contributed by atoms with E-state index >= 15 is 0 Å². The molecule has 0 atom stereocenters. The van der Waals surface area contributed by atoms with Gasteiger partial charge in [0.1, 0.15) is 0 Å². The van der Waals surface area contributed by atoms with Gasteiger partial charge >= 0.3 is 0 Å². The van der Waals surface area contributed by atoms with Gasteiger partial charge < -0.3 is 15.5 Å². The Morgan fingerprint density at radius 2 is 1.75 bits per heavy atom. The van der Waals surface area contributed by atoms with Gasteiger partial charge in [-0.25, -0.2) is 0 Å². The maximum atomic E-state index is 5.90. The summed E-state index contributed by atoms with van der Waals surface area (Å²) in [5.41, 5.74) is 7.21. The van der Waals surface area contributed by atoms with Crippen LogP contribution in [0.4, 0.5) is 5.69 Å². The van der Waals surface area contributed by atoms with Gasteiger partial charge in [-0.2, -0.15) is 0 Å². The van der Waals surface area contributed by atoms with Crippen LogP contribution in [0.2, 0.25) is 0 Å². The third-order valence-corrected chi connectivity index (χ3v) is 3.06. The smallest absolute Gasteiger partial charge is 0.0943 e. The second-order valence-electron chi connectivity index (χ2n) is 4.02. The average molecular weight is 217 g/mol. The third-order valence-electron chi connectivity index (χ3n) is 3.06. The Hall–Kier alpha value is -1.64. The van der Waals surface area contributed by atoms with Crippen molar-refractivity contribution in [2.24, 2.45) is 5.73 Å². The number of anilines is 1. The molecule has 1 aliphatic rings. The first kappa shape index (κ1) is 10.9. The van der Waals surface area contributed by atoms with Gasteiger partial charge in [-0.1, -0.05) is 18.2 Å². The number of rotatable bonds is 2. The zero-order chi connectivity index (χ0) is 11.4. The van der Waals surface area contributed by atoms with E-state index in [1.54, 1.807) is 0 Å². The van der Waals surface area contributed by atoms with Gasteiger partial charge in [0, 0.05) is 31.9 Å². The lowest BCUT2D eigenvalue weighted by atomic mass is 10.2.